The largest absolute Gasteiger partial charge is 0.480 e. The third kappa shape index (κ3) is 1.67. The van der Waals surface area contributed by atoms with E-state index in [4.69, 9.17) is 5.11 Å². The van der Waals surface area contributed by atoms with Crippen molar-refractivity contribution in [3.63, 3.8) is 0 Å². The van der Waals surface area contributed by atoms with Crippen LogP contribution in [0.5, 0.6) is 0 Å². The van der Waals surface area contributed by atoms with Crippen molar-refractivity contribution in [2.75, 3.05) is 14.1 Å². The number of hydrogen-bond acceptors (Lipinski definition) is 3. The standard InChI is InChI=1S/C6H10N2O3.ClH/c1-7-4(6(10)11)3-5(9)8(7)2;/h4H,3H2,1-2H3,(H,10,11);1H. The van der Waals surface area contributed by atoms with E-state index in [1.165, 1.54) is 10.0 Å². The van der Waals surface area contributed by atoms with Crippen molar-refractivity contribution in [1.29, 1.82) is 0 Å². The lowest BCUT2D eigenvalue weighted by molar-refractivity contribution is -0.145. The number of carboxylic acids is 1. The van der Waals surface area contributed by atoms with Crippen molar-refractivity contribution in [3.8, 4) is 0 Å². The van der Waals surface area contributed by atoms with Crippen LogP contribution in [0.1, 0.15) is 6.42 Å². The lowest BCUT2D eigenvalue weighted by Crippen LogP contribution is -2.39. The Hall–Kier alpha value is -0.810. The van der Waals surface area contributed by atoms with Crippen LogP contribution in [0.25, 0.3) is 0 Å². The molecule has 0 bridgehead atoms. The zero-order valence-electron chi connectivity index (χ0n) is 6.85. The second-order valence-electron chi connectivity index (χ2n) is 2.55. The van der Waals surface area contributed by atoms with Crippen molar-refractivity contribution in [2.45, 2.75) is 12.5 Å². The van der Waals surface area contributed by atoms with Crippen molar-refractivity contribution in [3.05, 3.63) is 0 Å². The summed E-state index contributed by atoms with van der Waals surface area (Å²) in [5.41, 5.74) is 0. The second-order valence-corrected chi connectivity index (χ2v) is 2.55. The number of carbonyl (C=O) groups is 2. The number of hydrogen-bond donors (Lipinski definition) is 1. The second kappa shape index (κ2) is 3.73. The quantitative estimate of drug-likeness (QED) is 0.616. The van der Waals surface area contributed by atoms with E-state index in [0.717, 1.165) is 0 Å². The minimum absolute atomic E-state index is 0. The van der Waals surface area contributed by atoms with Crippen molar-refractivity contribution >= 4 is 24.3 Å². The van der Waals surface area contributed by atoms with Gasteiger partial charge in [0.15, 0.2) is 0 Å². The van der Waals surface area contributed by atoms with Gasteiger partial charge in [0, 0.05) is 14.1 Å². The fourth-order valence-electron chi connectivity index (χ4n) is 1.06. The van der Waals surface area contributed by atoms with Crippen molar-refractivity contribution in [2.24, 2.45) is 0 Å². The summed E-state index contributed by atoms with van der Waals surface area (Å²) in [5, 5.41) is 11.3. The van der Waals surface area contributed by atoms with Crippen LogP contribution in [0.3, 0.4) is 0 Å². The minimum atomic E-state index is -0.954. The van der Waals surface area contributed by atoms with E-state index in [2.05, 4.69) is 0 Å². The molecule has 0 aromatic rings. The first-order valence-corrected chi connectivity index (χ1v) is 3.26. The van der Waals surface area contributed by atoms with Crippen LogP contribution in [-0.4, -0.2) is 47.1 Å². The molecule has 1 amide bonds. The van der Waals surface area contributed by atoms with Crippen molar-refractivity contribution < 1.29 is 14.7 Å². The number of rotatable bonds is 1. The number of hydrazine groups is 1. The highest BCUT2D eigenvalue weighted by atomic mass is 35.5. The number of carboxylic acid groups (broad SMARTS) is 1. The summed E-state index contributed by atoms with van der Waals surface area (Å²) in [6.07, 6.45) is 0.0718. The highest BCUT2D eigenvalue weighted by Gasteiger charge is 2.37. The van der Waals surface area contributed by atoms with E-state index in [-0.39, 0.29) is 24.7 Å². The first-order chi connectivity index (χ1) is 5.04. The zero-order valence-corrected chi connectivity index (χ0v) is 7.67. The summed E-state index contributed by atoms with van der Waals surface area (Å²) in [7, 11) is 3.15. The van der Waals surface area contributed by atoms with Crippen LogP contribution in [-0.2, 0) is 9.59 Å². The van der Waals surface area contributed by atoms with Crippen LogP contribution in [0, 0.1) is 0 Å². The molecule has 1 aliphatic heterocycles. The first kappa shape index (κ1) is 11.2. The average molecular weight is 195 g/mol. The highest BCUT2D eigenvalue weighted by Crippen LogP contribution is 2.15. The van der Waals surface area contributed by atoms with E-state index in [1.54, 1.807) is 14.1 Å². The van der Waals surface area contributed by atoms with Crippen molar-refractivity contribution in [1.82, 2.24) is 10.0 Å². The number of carbonyl (C=O) groups excluding carboxylic acids is 1. The maximum Gasteiger partial charge on any atom is 0.323 e. The van der Waals surface area contributed by atoms with Gasteiger partial charge in [-0.05, 0) is 0 Å². The van der Waals surface area contributed by atoms with Gasteiger partial charge in [-0.1, -0.05) is 0 Å². The molecule has 1 aliphatic rings. The fraction of sp³-hybridized carbons (Fsp3) is 0.667. The van der Waals surface area contributed by atoms with Gasteiger partial charge in [0.25, 0.3) is 0 Å². The molecule has 5 nitrogen and oxygen atoms in total. The van der Waals surface area contributed by atoms with E-state index in [1.807, 2.05) is 0 Å². The molecular formula is C6H11ClN2O3. The molecule has 0 aromatic carbocycles. The van der Waals surface area contributed by atoms with Crippen LogP contribution in [0.2, 0.25) is 0 Å². The topological polar surface area (TPSA) is 60.9 Å². The number of nitrogens with zero attached hydrogens (tertiary/aromatic N) is 2. The third-order valence-electron chi connectivity index (χ3n) is 1.94. The predicted molar refractivity (Wildman–Crippen MR) is 43.8 cm³/mol. The van der Waals surface area contributed by atoms with Crippen LogP contribution >= 0.6 is 12.4 Å². The monoisotopic (exact) mass is 194 g/mol. The Morgan fingerprint density at radius 1 is 1.58 bits per heavy atom. The fourth-order valence-corrected chi connectivity index (χ4v) is 1.06. The highest BCUT2D eigenvalue weighted by molar-refractivity contribution is 5.87. The molecule has 0 aliphatic carbocycles. The van der Waals surface area contributed by atoms with Crippen LogP contribution < -0.4 is 0 Å². The van der Waals surface area contributed by atoms with Gasteiger partial charge in [0.1, 0.15) is 6.04 Å². The summed E-state index contributed by atoms with van der Waals surface area (Å²) < 4.78 is 0. The molecule has 0 aromatic heterocycles. The first-order valence-electron chi connectivity index (χ1n) is 3.26. The van der Waals surface area contributed by atoms with Crippen LogP contribution in [0.15, 0.2) is 0 Å². The smallest absolute Gasteiger partial charge is 0.323 e. The Labute approximate surface area is 76.3 Å². The van der Waals surface area contributed by atoms with E-state index in [9.17, 15) is 9.59 Å². The predicted octanol–water partition coefficient (Wildman–Crippen LogP) is -0.430. The van der Waals surface area contributed by atoms with E-state index in [0.29, 0.717) is 0 Å². The molecule has 0 spiro atoms. The van der Waals surface area contributed by atoms with Gasteiger partial charge >= 0.3 is 5.97 Å². The Morgan fingerprint density at radius 2 is 2.08 bits per heavy atom. The number of halogens is 1. The molecule has 0 saturated carbocycles. The Bertz CT molecular complexity index is 209. The maximum atomic E-state index is 10.9. The Balaban J connectivity index is 0.00000121. The van der Waals surface area contributed by atoms with Gasteiger partial charge in [-0.15, -0.1) is 12.4 Å². The lowest BCUT2D eigenvalue weighted by atomic mass is 10.2. The van der Waals surface area contributed by atoms with Crippen LogP contribution in [0.4, 0.5) is 0 Å². The zero-order chi connectivity index (χ0) is 8.59. The molecule has 1 atom stereocenters. The van der Waals surface area contributed by atoms with Gasteiger partial charge in [-0.2, -0.15) is 0 Å². The molecule has 1 N–H and O–H groups in total. The van der Waals surface area contributed by atoms with Gasteiger partial charge in [0.05, 0.1) is 6.42 Å². The molecule has 12 heavy (non-hydrogen) atoms. The number of aliphatic carboxylic acids is 1. The summed E-state index contributed by atoms with van der Waals surface area (Å²) >= 11 is 0. The lowest BCUT2D eigenvalue weighted by Gasteiger charge is -2.21. The summed E-state index contributed by atoms with van der Waals surface area (Å²) in [4.78, 5) is 21.4. The van der Waals surface area contributed by atoms with E-state index < -0.39 is 12.0 Å². The molecule has 1 fully saturated rings. The number of amides is 1. The molecule has 1 saturated heterocycles. The molecule has 1 rings (SSSR count). The third-order valence-corrected chi connectivity index (χ3v) is 1.94. The molecule has 1 heterocycles. The van der Waals surface area contributed by atoms with Gasteiger partial charge in [-0.3, -0.25) is 14.6 Å². The Morgan fingerprint density at radius 3 is 2.25 bits per heavy atom. The molecule has 1 unspecified atom stereocenters. The summed E-state index contributed by atoms with van der Waals surface area (Å²) in [5.74, 6) is -1.11. The number of likely N-dealkylation sites (N-methyl/N-ethyl adjacent to an activating group) is 1. The molecule has 6 heteroatoms. The Kier molecular flexibility index (Phi) is 3.48. The van der Waals surface area contributed by atoms with Gasteiger partial charge < -0.3 is 5.11 Å². The van der Waals surface area contributed by atoms with Gasteiger partial charge in [-0.25, -0.2) is 5.01 Å². The SMILES string of the molecule is CN1C(=O)CC(C(=O)O)N1C.Cl. The molecule has 70 valence electrons. The minimum Gasteiger partial charge on any atom is -0.480 e. The molecular weight excluding hydrogens is 184 g/mol. The normalized spacial score (nSPS) is 24.0. The summed E-state index contributed by atoms with van der Waals surface area (Å²) in [6.45, 7) is 0. The maximum absolute atomic E-state index is 10.9. The summed E-state index contributed by atoms with van der Waals surface area (Å²) in [6, 6.07) is -0.688. The molecule has 0 radical (unpaired) electrons. The average Bonchev–Trinajstić information content (AvgIpc) is 2.17. The van der Waals surface area contributed by atoms with Gasteiger partial charge in [0.2, 0.25) is 5.91 Å². The van der Waals surface area contributed by atoms with E-state index >= 15 is 0 Å².